The number of ether oxygens (including phenoxy) is 10. The van der Waals surface area contributed by atoms with E-state index in [4.69, 9.17) is 47.4 Å². The van der Waals surface area contributed by atoms with Crippen molar-refractivity contribution in [2.45, 2.75) is 59.2 Å². The molecule has 8 aromatic rings. The normalized spacial score (nSPS) is 11.4. The van der Waals surface area contributed by atoms with Crippen LogP contribution in [-0.2, 0) is 129 Å². The van der Waals surface area contributed by atoms with Crippen molar-refractivity contribution >= 4 is 627 Å². The Balaban J connectivity index is 0.000000861. The van der Waals surface area contributed by atoms with E-state index in [1.807, 2.05) is 290 Å². The van der Waals surface area contributed by atoms with Crippen LogP contribution in [0, 0.1) is 75.0 Å². The first kappa shape index (κ1) is 151. The predicted molar refractivity (Wildman–Crippen MR) is 705 cm³/mol. The molecular formula is C75H55I21N2O44S8-8. The molecule has 2 N–H and O–H groups in total. The smallest absolute Gasteiger partial charge is 0.412 e. The van der Waals surface area contributed by atoms with Gasteiger partial charge in [-0.25, -0.2) is 76.9 Å². The van der Waals surface area contributed by atoms with E-state index in [-0.39, 0.29) is 40.2 Å². The summed E-state index contributed by atoms with van der Waals surface area (Å²) in [6.45, 7) is 10.6. The van der Waals surface area contributed by atoms with Crippen LogP contribution < -0.4 is 48.5 Å². The van der Waals surface area contributed by atoms with E-state index in [9.17, 15) is 152 Å². The first-order valence-electron chi connectivity index (χ1n) is 37.1. The maximum atomic E-state index is 11.8. The molecule has 832 valence electrons. The van der Waals surface area contributed by atoms with Crippen molar-refractivity contribution in [3.8, 4) is 46.0 Å². The lowest BCUT2D eigenvalue weighted by molar-refractivity contribution is -0.132. The highest BCUT2D eigenvalue weighted by Gasteiger charge is 2.27. The minimum atomic E-state index is -4.70. The fourth-order valence-corrected chi connectivity index (χ4v) is 29.9. The number of rotatable bonds is 28. The Morgan fingerprint density at radius 1 is 0.247 bits per heavy atom. The van der Waals surface area contributed by atoms with E-state index in [0.29, 0.717) is 55.7 Å². The van der Waals surface area contributed by atoms with Crippen LogP contribution in [-0.4, -0.2) is 221 Å². The minimum absolute atomic E-state index is 0.0778. The Hall–Kier alpha value is 2.67. The highest BCUT2D eigenvalue weighted by Crippen LogP contribution is 2.40. The number of carbonyl (C=O) groups excluding carboxylic acids is 10. The standard InChI is InChI=1S/C14H18INO7S.C13H16INO7S.C8H3I5O5S.C8H4I4O5S.2C8H5I3O5S.2C8H6I2O5S/c1-4-14(2,3)23-13(18)16-9-5-6-11(10(15)7-9)22-12(17)8-24(19,20)21;1-13(2,3)22-12(17)15-8-4-5-10(9(14)6-8)21-11(16)7-23(18,19)20;9-3-4(10)6(12)8(7(13)5(3)11)18-2(14)1-19(15,16)17;9-3-1-4(7(11)8(12)6(3)10)17-5(13)2-18(14,15)16;9-4-1-5(10)8(11)6(2-4)16-7(12)3-17(13,14)15;9-4-1-5(10)8(6(11)2-4)16-7(12)3-17(13,14)15;9-5-1-6(10)3-7(2-5)15-8(11)4-16(12,13)14;9-5-1-2-7(6(10)3-5)15-8(11)4-16(12,13)14/h5-7H,4,8H2,1-3H3,(H,16,18)(H,19,20,21);4-6H,7H2,1-3H3,(H,15,17)(H,18,19,20);1H2,(H,15,16,17);1H,2H2,(H,14,15,16);2*1-2H,3H2,(H,13,14,15);2*1-3H,4H2,(H,12,13,14)/p-8. The van der Waals surface area contributed by atoms with Crippen LogP contribution in [0.2, 0.25) is 0 Å². The fraction of sp³-hybridized carbons (Fsp3) is 0.227. The third-order valence-corrected chi connectivity index (χ3v) is 45.7. The highest BCUT2D eigenvalue weighted by molar-refractivity contribution is 14.1. The number of amides is 2. The summed E-state index contributed by atoms with van der Waals surface area (Å²) in [4.78, 5) is 113. The second kappa shape index (κ2) is 68.8. The van der Waals surface area contributed by atoms with Crippen molar-refractivity contribution in [2.75, 3.05) is 56.7 Å². The summed E-state index contributed by atoms with van der Waals surface area (Å²) < 4.78 is 316. The number of nitrogens with one attached hydrogen (secondary N) is 2. The molecule has 46 nitrogen and oxygen atoms in total. The van der Waals surface area contributed by atoms with E-state index in [1.165, 1.54) is 36.4 Å². The monoisotopic (exact) mass is 4610 g/mol. The quantitative estimate of drug-likeness (QED) is 0.0115. The molecule has 0 aromatic heterocycles. The van der Waals surface area contributed by atoms with Crippen LogP contribution in [0.15, 0.2) is 103 Å². The van der Waals surface area contributed by atoms with Gasteiger partial charge in [0.2, 0.25) is 0 Å². The lowest BCUT2D eigenvalue weighted by Crippen LogP contribution is -2.29. The zero-order valence-electron chi connectivity index (χ0n) is 73.8. The van der Waals surface area contributed by atoms with Crippen LogP contribution in [0.1, 0.15) is 48.0 Å². The summed E-state index contributed by atoms with van der Waals surface area (Å²) in [7, 11) is -37.0. The summed E-state index contributed by atoms with van der Waals surface area (Å²) in [5.74, 6) is -16.5. The number of hydrogen-bond acceptors (Lipinski definition) is 44. The van der Waals surface area contributed by atoms with Gasteiger partial charge in [-0.2, -0.15) is 0 Å². The molecule has 150 heavy (non-hydrogen) atoms. The molecule has 8 aromatic carbocycles. The van der Waals surface area contributed by atoms with Crippen LogP contribution in [0.3, 0.4) is 0 Å². The Morgan fingerprint density at radius 2 is 0.500 bits per heavy atom. The molecule has 0 atom stereocenters. The largest absolute Gasteiger partial charge is 0.748 e. The topological polar surface area (TPSA) is 745 Å². The van der Waals surface area contributed by atoms with Crippen LogP contribution >= 0.6 is 474 Å². The maximum absolute atomic E-state index is 11.8. The van der Waals surface area contributed by atoms with Gasteiger partial charge in [-0.15, -0.1) is 0 Å². The van der Waals surface area contributed by atoms with E-state index in [0.717, 1.165) is 42.8 Å². The number of halogens is 21. The fourth-order valence-electron chi connectivity index (χ4n) is 8.25. The summed E-state index contributed by atoms with van der Waals surface area (Å²) in [6.07, 6.45) is -0.620. The van der Waals surface area contributed by atoms with Gasteiger partial charge < -0.3 is 83.8 Å². The lowest BCUT2D eigenvalue weighted by atomic mass is 10.1. The number of hydrogen-bond donors (Lipinski definition) is 2. The second-order valence-corrected chi connectivity index (χ2v) is 63.5. The Labute approximate surface area is 1140 Å². The average Bonchev–Trinajstić information content (AvgIpc) is 0.787. The lowest BCUT2D eigenvalue weighted by Gasteiger charge is -2.23. The Morgan fingerprint density at radius 3 is 0.820 bits per heavy atom. The molecule has 0 fully saturated rings. The van der Waals surface area contributed by atoms with Crippen molar-refractivity contribution in [2.24, 2.45) is 0 Å². The Kier molecular flexibility index (Phi) is 69.1. The molecule has 0 aliphatic rings. The van der Waals surface area contributed by atoms with Crippen molar-refractivity contribution in [1.82, 2.24) is 0 Å². The number of esters is 8. The molecule has 8 rings (SSSR count). The molecule has 0 radical (unpaired) electrons. The molecular weight excluding hydrogens is 4550 g/mol. The number of anilines is 2. The molecule has 0 saturated carbocycles. The van der Waals surface area contributed by atoms with Crippen LogP contribution in [0.4, 0.5) is 21.0 Å². The SMILES string of the molecule is CC(C)(C)OC(=O)Nc1ccc(OC(=O)CS(=O)(=O)[O-])c(I)c1.CCC(C)(C)OC(=O)Nc1ccc(OC(=O)CS(=O)(=O)[O-])c(I)c1.O=C(CS(=O)(=O)[O-])Oc1c(I)c(I)c(I)c(I)c1I.O=C(CS(=O)(=O)[O-])Oc1c(I)cc(I)cc1I.O=C(CS(=O)(=O)[O-])Oc1cc(I)c(I)c(I)c1I.O=C(CS(=O)(=O)[O-])Oc1cc(I)cc(I)c1.O=C(CS(=O)(=O)[O-])Oc1cc(I)cc(I)c1I.O=C(CS(=O)(=O)[O-])Oc1ccc(I)cc1I. The summed E-state index contributed by atoms with van der Waals surface area (Å²) in [6, 6.07) is 27.3. The minimum Gasteiger partial charge on any atom is -0.748 e. The van der Waals surface area contributed by atoms with Gasteiger partial charge in [0.05, 0.1) is 32.1 Å². The molecule has 0 aliphatic carbocycles. The molecule has 2 amide bonds. The van der Waals surface area contributed by atoms with Gasteiger partial charge in [0.25, 0.3) is 0 Å². The van der Waals surface area contributed by atoms with E-state index >= 15 is 0 Å². The van der Waals surface area contributed by atoms with E-state index in [2.05, 4.69) is 214 Å². The summed E-state index contributed by atoms with van der Waals surface area (Å²) in [5, 5.41) is 5.05. The van der Waals surface area contributed by atoms with Crippen LogP contribution in [0.25, 0.3) is 0 Å². The van der Waals surface area contributed by atoms with Gasteiger partial charge in [-0.1, -0.05) is 6.92 Å². The average molecular weight is 4610 g/mol. The maximum Gasteiger partial charge on any atom is 0.412 e. The summed E-state index contributed by atoms with van der Waals surface area (Å²) >= 11 is 42.7. The number of benzene rings is 8. The third-order valence-electron chi connectivity index (χ3n) is 14.0. The molecule has 0 heterocycles. The van der Waals surface area contributed by atoms with Crippen LogP contribution in [0.5, 0.6) is 46.0 Å². The Bertz CT molecular complexity index is 7330. The van der Waals surface area contributed by atoms with Crippen molar-refractivity contribution < 1.29 is 199 Å². The van der Waals surface area contributed by atoms with Gasteiger partial charge in [0.1, 0.15) is 173 Å². The molecule has 75 heteroatoms. The van der Waals surface area contributed by atoms with Crippen molar-refractivity contribution in [3.05, 3.63) is 178 Å². The van der Waals surface area contributed by atoms with Gasteiger partial charge in [0.15, 0.2) is 11.5 Å². The third kappa shape index (κ3) is 68.1. The molecule has 0 bridgehead atoms. The molecule has 0 unspecified atom stereocenters. The van der Waals surface area contributed by atoms with Crippen molar-refractivity contribution in [3.63, 3.8) is 0 Å². The summed E-state index contributed by atoms with van der Waals surface area (Å²) in [5.41, 5.74) is -0.431. The zero-order valence-corrected chi connectivity index (χ0v) is 126. The van der Waals surface area contributed by atoms with Gasteiger partial charge in [0, 0.05) is 54.2 Å². The van der Waals surface area contributed by atoms with Gasteiger partial charge in [-0.3, -0.25) is 49.0 Å². The molecule has 0 spiro atoms. The first-order valence-corrected chi connectivity index (χ1v) is 72.4. The first-order chi connectivity index (χ1) is 67.8. The van der Waals surface area contributed by atoms with E-state index < -0.39 is 198 Å². The van der Waals surface area contributed by atoms with E-state index in [1.54, 1.807) is 89.2 Å². The highest BCUT2D eigenvalue weighted by atomic mass is 127. The second-order valence-electron chi connectivity index (χ2n) is 28.2. The molecule has 0 saturated heterocycles. The number of carbonyl (C=O) groups is 10. The predicted octanol–water partition coefficient (Wildman–Crippen LogP) is 16.9. The van der Waals surface area contributed by atoms with Gasteiger partial charge in [-0.05, 0) is 619 Å². The van der Waals surface area contributed by atoms with Crippen molar-refractivity contribution in [1.29, 1.82) is 0 Å². The molecule has 0 aliphatic heterocycles. The van der Waals surface area contributed by atoms with Gasteiger partial charge >= 0.3 is 59.9 Å². The zero-order chi connectivity index (χ0) is 117.